The van der Waals surface area contributed by atoms with Crippen molar-refractivity contribution >= 4 is 65.0 Å². The van der Waals surface area contributed by atoms with Crippen LogP contribution in [0.3, 0.4) is 0 Å². The van der Waals surface area contributed by atoms with E-state index in [1.807, 2.05) is 6.92 Å². The lowest BCUT2D eigenvalue weighted by Crippen LogP contribution is -2.45. The number of ketones is 2. The maximum atomic E-state index is 12.6. The number of carboxylic acid groups (broad SMARTS) is 4. The van der Waals surface area contributed by atoms with E-state index in [0.29, 0.717) is 45.1 Å². The van der Waals surface area contributed by atoms with Crippen molar-refractivity contribution in [2.45, 2.75) is 154 Å². The number of Topliss-reactive ketones (excluding diaryl/α,β-unsaturated/α-hetero) is 2. The molecule has 62 heavy (non-hydrogen) atoms. The van der Waals surface area contributed by atoms with E-state index >= 15 is 0 Å². The van der Waals surface area contributed by atoms with Gasteiger partial charge >= 0.3 is 23.9 Å². The van der Waals surface area contributed by atoms with Gasteiger partial charge in [0.1, 0.15) is 30.5 Å². The van der Waals surface area contributed by atoms with Gasteiger partial charge < -0.3 is 57.9 Å². The molecule has 0 saturated heterocycles. The van der Waals surface area contributed by atoms with Gasteiger partial charge in [0.05, 0.1) is 12.0 Å². The zero-order valence-corrected chi connectivity index (χ0v) is 35.6. The molecule has 22 nitrogen and oxygen atoms in total. The molecule has 0 bridgehead atoms. The van der Waals surface area contributed by atoms with E-state index in [1.165, 1.54) is 0 Å². The molecule has 0 aliphatic rings. The molecule has 0 spiro atoms. The first-order chi connectivity index (χ1) is 29.2. The van der Waals surface area contributed by atoms with Crippen LogP contribution in [-0.2, 0) is 52.7 Å². The molecule has 0 saturated carbocycles. The van der Waals surface area contributed by atoms with Gasteiger partial charge in [0.2, 0.25) is 29.5 Å². The van der Waals surface area contributed by atoms with Crippen LogP contribution in [-0.4, -0.2) is 134 Å². The Morgan fingerprint density at radius 1 is 0.516 bits per heavy atom. The Balaban J connectivity index is 4.52. The summed E-state index contributed by atoms with van der Waals surface area (Å²) in [7, 11) is 0. The number of carbonyl (C=O) groups is 11. The van der Waals surface area contributed by atoms with E-state index in [4.69, 9.17) is 15.9 Å². The monoisotopic (exact) mass is 886 g/mol. The Morgan fingerprint density at radius 2 is 1.00 bits per heavy atom. The van der Waals surface area contributed by atoms with Crippen molar-refractivity contribution in [2.24, 2.45) is 17.6 Å². The number of carboxylic acids is 4. The smallest absolute Gasteiger partial charge is 0.326 e. The van der Waals surface area contributed by atoms with Crippen LogP contribution < -0.4 is 32.3 Å². The zero-order valence-electron chi connectivity index (χ0n) is 35.6. The molecule has 0 aromatic rings. The summed E-state index contributed by atoms with van der Waals surface area (Å²) in [5.74, 6) is -10.5. The van der Waals surface area contributed by atoms with Crippen LogP contribution in [0.1, 0.15) is 129 Å². The molecule has 0 unspecified atom stereocenters. The van der Waals surface area contributed by atoms with Crippen LogP contribution in [0.15, 0.2) is 0 Å². The molecule has 22 heteroatoms. The summed E-state index contributed by atoms with van der Waals surface area (Å²) >= 11 is 0. The fourth-order valence-corrected chi connectivity index (χ4v) is 6.28. The molecule has 0 aliphatic carbocycles. The summed E-state index contributed by atoms with van der Waals surface area (Å²) in [6.07, 6.45) is 1.96. The second-order valence-electron chi connectivity index (χ2n) is 15.1. The molecule has 0 aliphatic heterocycles. The Labute approximate surface area is 360 Å². The number of amides is 5. The minimum absolute atomic E-state index is 0.0819. The number of aliphatic hydroxyl groups is 1. The van der Waals surface area contributed by atoms with Gasteiger partial charge in [-0.2, -0.15) is 0 Å². The first-order valence-corrected chi connectivity index (χ1v) is 20.9. The van der Waals surface area contributed by atoms with Crippen molar-refractivity contribution in [3.05, 3.63) is 0 Å². The van der Waals surface area contributed by atoms with E-state index in [1.54, 1.807) is 0 Å². The van der Waals surface area contributed by atoms with E-state index < -0.39 is 109 Å². The van der Waals surface area contributed by atoms with Gasteiger partial charge in [-0.25, -0.2) is 14.4 Å². The third-order valence-corrected chi connectivity index (χ3v) is 9.99. The highest BCUT2D eigenvalue weighted by atomic mass is 16.4. The van der Waals surface area contributed by atoms with Gasteiger partial charge in [-0.3, -0.25) is 38.4 Å². The Bertz CT molecular complexity index is 1520. The van der Waals surface area contributed by atoms with Crippen molar-refractivity contribution < 1.29 is 78.3 Å². The normalized spacial score (nSPS) is 13.8. The third kappa shape index (κ3) is 26.6. The van der Waals surface area contributed by atoms with Crippen molar-refractivity contribution in [1.82, 2.24) is 26.6 Å². The number of hydrogen-bond acceptors (Lipinski definition) is 13. The maximum Gasteiger partial charge on any atom is 0.326 e. The molecular weight excluding hydrogens is 820 g/mol. The van der Waals surface area contributed by atoms with Crippen molar-refractivity contribution in [3.8, 4) is 0 Å². The lowest BCUT2D eigenvalue weighted by atomic mass is 9.94. The maximum absolute atomic E-state index is 12.6. The summed E-state index contributed by atoms with van der Waals surface area (Å²) in [5, 5.41) is 58.8. The standard InChI is InChI=1S/C40H66N6O16/c1-3-25(32(50)23-47)10-6-8-21-43-36(54)28(41)12-7-9-20-42-33(51)17-14-26(37(55)56)22-27(49)11-4-5-13-29(38(57)58)45-34(52)19-16-31(40(61)62)46-35(53)18-15-30(39(59)60)44-24(2)48/h25-26,28-31,47H,3-23,41H2,1-2H3,(H,42,51)(H,43,54)(H,44,48)(H,45,52)(H,46,53)(H,55,56)(H,57,58)(H,59,60)(H,61,62)/t25-,26+,28-,29-,30-,31-/m0/s1. The van der Waals surface area contributed by atoms with Crippen LogP contribution in [0.4, 0.5) is 0 Å². The predicted molar refractivity (Wildman–Crippen MR) is 219 cm³/mol. The summed E-state index contributed by atoms with van der Waals surface area (Å²) in [6, 6.07) is -5.06. The molecule has 0 rings (SSSR count). The van der Waals surface area contributed by atoms with Gasteiger partial charge in [-0.1, -0.05) is 19.8 Å². The SMILES string of the molecule is CC[C@@H](CCCCNC(=O)[C@@H](N)CCCCNC(=O)CC[C@H](CC(=O)CCCC[C@H](NC(=O)CC[C@H](NC(=O)CC[C@H](NC(C)=O)C(=O)O)C(=O)O)C(=O)O)C(=O)O)C(=O)CO. The van der Waals surface area contributed by atoms with Crippen LogP contribution >= 0.6 is 0 Å². The average Bonchev–Trinajstić information content (AvgIpc) is 3.20. The molecule has 0 aromatic heterocycles. The summed E-state index contributed by atoms with van der Waals surface area (Å²) in [4.78, 5) is 131. The number of unbranched alkanes of at least 4 members (excludes halogenated alkanes) is 3. The summed E-state index contributed by atoms with van der Waals surface area (Å²) < 4.78 is 0. The highest BCUT2D eigenvalue weighted by Crippen LogP contribution is 2.16. The average molecular weight is 887 g/mol. The lowest BCUT2D eigenvalue weighted by Gasteiger charge is -2.18. The Kier molecular flexibility index (Phi) is 29.4. The number of hydrogen-bond donors (Lipinski definition) is 11. The van der Waals surface area contributed by atoms with E-state index in [9.17, 15) is 68.1 Å². The molecule has 6 atom stereocenters. The van der Waals surface area contributed by atoms with Crippen molar-refractivity contribution in [3.63, 3.8) is 0 Å². The first-order valence-electron chi connectivity index (χ1n) is 20.9. The van der Waals surface area contributed by atoms with Gasteiger partial charge in [0.15, 0.2) is 5.78 Å². The molecule has 0 aromatic carbocycles. The second-order valence-corrected chi connectivity index (χ2v) is 15.1. The van der Waals surface area contributed by atoms with Gasteiger partial charge in [-0.15, -0.1) is 0 Å². The molecule has 0 radical (unpaired) electrons. The lowest BCUT2D eigenvalue weighted by molar-refractivity contribution is -0.144. The molecular formula is C40H66N6O16. The topological polar surface area (TPSA) is 375 Å². The molecule has 352 valence electrons. The minimum Gasteiger partial charge on any atom is -0.481 e. The second kappa shape index (κ2) is 32.2. The number of carbonyl (C=O) groups excluding carboxylic acids is 7. The minimum atomic E-state index is -1.56. The van der Waals surface area contributed by atoms with E-state index in [2.05, 4.69) is 26.6 Å². The van der Waals surface area contributed by atoms with Crippen LogP contribution in [0, 0.1) is 11.8 Å². The molecule has 12 N–H and O–H groups in total. The van der Waals surface area contributed by atoms with Gasteiger partial charge in [0, 0.05) is 58.0 Å². The first kappa shape index (κ1) is 56.5. The largest absolute Gasteiger partial charge is 0.481 e. The summed E-state index contributed by atoms with van der Waals surface area (Å²) in [6.45, 7) is 3.17. The summed E-state index contributed by atoms with van der Waals surface area (Å²) in [5.41, 5.74) is 5.96. The zero-order chi connectivity index (χ0) is 47.2. The predicted octanol–water partition coefficient (Wildman–Crippen LogP) is -0.237. The van der Waals surface area contributed by atoms with Crippen LogP contribution in [0.2, 0.25) is 0 Å². The fraction of sp³-hybridized carbons (Fsp3) is 0.725. The third-order valence-electron chi connectivity index (χ3n) is 9.99. The van der Waals surface area contributed by atoms with Crippen molar-refractivity contribution in [2.75, 3.05) is 19.7 Å². The molecule has 0 fully saturated rings. The molecule has 5 amide bonds. The van der Waals surface area contributed by atoms with Gasteiger partial charge in [0.25, 0.3) is 0 Å². The number of nitrogens with one attached hydrogen (secondary N) is 5. The highest BCUT2D eigenvalue weighted by Gasteiger charge is 2.26. The highest BCUT2D eigenvalue weighted by molar-refractivity contribution is 5.87. The quantitative estimate of drug-likeness (QED) is 0.0359. The fourth-order valence-electron chi connectivity index (χ4n) is 6.28. The van der Waals surface area contributed by atoms with Crippen LogP contribution in [0.25, 0.3) is 0 Å². The van der Waals surface area contributed by atoms with Crippen molar-refractivity contribution in [1.29, 1.82) is 0 Å². The van der Waals surface area contributed by atoms with E-state index in [0.717, 1.165) is 13.3 Å². The number of rotatable bonds is 37. The van der Waals surface area contributed by atoms with Crippen LogP contribution in [0.5, 0.6) is 0 Å². The Morgan fingerprint density at radius 3 is 1.50 bits per heavy atom. The van der Waals surface area contributed by atoms with Gasteiger partial charge in [-0.05, 0) is 70.6 Å². The number of aliphatic carboxylic acids is 4. The number of nitrogens with two attached hydrogens (primary N) is 1. The van der Waals surface area contributed by atoms with E-state index in [-0.39, 0.29) is 75.5 Å². The molecule has 0 heterocycles. The number of aliphatic hydroxyl groups excluding tert-OH is 1. The Hall–Kier alpha value is -5.51.